The summed E-state index contributed by atoms with van der Waals surface area (Å²) >= 11 is 0. The minimum absolute atomic E-state index is 0.0442. The molecule has 1 aliphatic heterocycles. The van der Waals surface area contributed by atoms with Gasteiger partial charge in [-0.25, -0.2) is 0 Å². The van der Waals surface area contributed by atoms with Crippen molar-refractivity contribution in [2.45, 2.75) is 19.8 Å². The van der Waals surface area contributed by atoms with Gasteiger partial charge < -0.3 is 17.7 Å². The van der Waals surface area contributed by atoms with E-state index in [4.69, 9.17) is 4.74 Å². The van der Waals surface area contributed by atoms with Gasteiger partial charge in [0.25, 0.3) is 0 Å². The van der Waals surface area contributed by atoms with Crippen molar-refractivity contribution in [1.82, 2.24) is 4.90 Å². The fraction of sp³-hybridized carbons (Fsp3) is 0.538. The molecular weight excluding hydrogens is 254 g/mol. The van der Waals surface area contributed by atoms with Crippen LogP contribution in [0.4, 0.5) is 12.9 Å². The second kappa shape index (κ2) is 5.86. The molecule has 1 aromatic rings. The van der Waals surface area contributed by atoms with E-state index in [0.717, 1.165) is 19.2 Å². The summed E-state index contributed by atoms with van der Waals surface area (Å²) in [5.41, 5.74) is -0.0254. The Kier molecular flexibility index (Phi) is 4.40. The average molecular weight is 272 g/mol. The van der Waals surface area contributed by atoms with Gasteiger partial charge in [0.15, 0.2) is 0 Å². The monoisotopic (exact) mass is 272 g/mol. The van der Waals surface area contributed by atoms with Crippen LogP contribution < -0.4 is 10.2 Å². The molecule has 0 amide bonds. The molecule has 1 saturated heterocycles. The lowest BCUT2D eigenvalue weighted by atomic mass is 9.78. The SMILES string of the molecule is Cc1ccc(OCCN2CCCC2)c([B-](F)(F)F)c1. The Labute approximate surface area is 111 Å². The number of halogens is 3. The van der Waals surface area contributed by atoms with Gasteiger partial charge in [0, 0.05) is 6.54 Å². The van der Waals surface area contributed by atoms with Crippen molar-refractivity contribution in [3.8, 4) is 5.75 Å². The molecule has 0 unspecified atom stereocenters. The molecule has 0 radical (unpaired) electrons. The fourth-order valence-corrected chi connectivity index (χ4v) is 2.35. The molecule has 0 aromatic heterocycles. The molecule has 2 rings (SSSR count). The molecule has 1 aliphatic rings. The molecular formula is C13H18BF3NO-. The highest BCUT2D eigenvalue weighted by Crippen LogP contribution is 2.19. The predicted octanol–water partition coefficient (Wildman–Crippen LogP) is 2.52. The maximum Gasteiger partial charge on any atom is 0.513 e. The van der Waals surface area contributed by atoms with Crippen LogP contribution in [0.25, 0.3) is 0 Å². The number of nitrogens with zero attached hydrogens (tertiary/aromatic N) is 1. The van der Waals surface area contributed by atoms with Gasteiger partial charge in [0.1, 0.15) is 6.61 Å². The van der Waals surface area contributed by atoms with Gasteiger partial charge in [0.05, 0.1) is 5.75 Å². The zero-order valence-electron chi connectivity index (χ0n) is 11.0. The molecule has 1 aromatic carbocycles. The predicted molar refractivity (Wildman–Crippen MR) is 71.1 cm³/mol. The third-order valence-corrected chi connectivity index (χ3v) is 3.38. The molecule has 19 heavy (non-hydrogen) atoms. The van der Waals surface area contributed by atoms with Gasteiger partial charge in [-0.3, -0.25) is 4.90 Å². The van der Waals surface area contributed by atoms with Gasteiger partial charge >= 0.3 is 6.98 Å². The summed E-state index contributed by atoms with van der Waals surface area (Å²) < 4.78 is 44.1. The lowest BCUT2D eigenvalue weighted by Gasteiger charge is -2.21. The molecule has 106 valence electrons. The summed E-state index contributed by atoms with van der Waals surface area (Å²) in [7, 11) is 0. The van der Waals surface area contributed by atoms with Gasteiger partial charge in [-0.1, -0.05) is 23.2 Å². The lowest BCUT2D eigenvalue weighted by Crippen LogP contribution is -2.36. The van der Waals surface area contributed by atoms with Crippen LogP contribution in [0.2, 0.25) is 0 Å². The Balaban J connectivity index is 1.98. The number of aryl methyl sites for hydroxylation is 1. The number of benzene rings is 1. The van der Waals surface area contributed by atoms with Crippen molar-refractivity contribution >= 4 is 12.4 Å². The molecule has 0 N–H and O–H groups in total. The highest BCUT2D eigenvalue weighted by molar-refractivity contribution is 6.74. The summed E-state index contributed by atoms with van der Waals surface area (Å²) in [4.78, 5) is 2.21. The van der Waals surface area contributed by atoms with Crippen molar-refractivity contribution in [2.75, 3.05) is 26.2 Å². The molecule has 0 saturated carbocycles. The molecule has 0 spiro atoms. The Morgan fingerprint density at radius 2 is 1.89 bits per heavy atom. The minimum atomic E-state index is -5.02. The first-order chi connectivity index (χ1) is 8.97. The normalized spacial score (nSPS) is 16.8. The van der Waals surface area contributed by atoms with E-state index in [9.17, 15) is 12.9 Å². The van der Waals surface area contributed by atoms with Crippen LogP contribution in [-0.2, 0) is 0 Å². The number of likely N-dealkylation sites (tertiary alicyclic amines) is 1. The lowest BCUT2D eigenvalue weighted by molar-refractivity contribution is 0.238. The topological polar surface area (TPSA) is 12.5 Å². The minimum Gasteiger partial charge on any atom is -0.495 e. The first-order valence-electron chi connectivity index (χ1n) is 6.62. The van der Waals surface area contributed by atoms with Crippen LogP contribution in [0.3, 0.4) is 0 Å². The van der Waals surface area contributed by atoms with Crippen molar-refractivity contribution < 1.29 is 17.7 Å². The quantitative estimate of drug-likeness (QED) is 0.764. The molecule has 1 heterocycles. The second-order valence-electron chi connectivity index (χ2n) is 5.01. The highest BCUT2D eigenvalue weighted by atomic mass is 19.4. The van der Waals surface area contributed by atoms with Gasteiger partial charge in [-0.15, -0.1) is 0 Å². The summed E-state index contributed by atoms with van der Waals surface area (Å²) in [6.45, 7) is -0.330. The molecule has 1 fully saturated rings. The summed E-state index contributed by atoms with van der Waals surface area (Å²) in [6, 6.07) is 4.23. The van der Waals surface area contributed by atoms with E-state index >= 15 is 0 Å². The van der Waals surface area contributed by atoms with Crippen molar-refractivity contribution in [3.63, 3.8) is 0 Å². The molecule has 6 heteroatoms. The van der Waals surface area contributed by atoms with Crippen LogP contribution in [0.15, 0.2) is 18.2 Å². The summed E-state index contributed by atoms with van der Waals surface area (Å²) in [5, 5.41) is 0. The van der Waals surface area contributed by atoms with E-state index in [-0.39, 0.29) is 5.75 Å². The third-order valence-electron chi connectivity index (χ3n) is 3.38. The number of ether oxygens (including phenoxy) is 1. The standard InChI is InChI=1S/C13H18BF3NO/c1-11-4-5-13(12(10-11)14(15,16)17)19-9-8-18-6-2-3-7-18/h4-5,10H,2-3,6-9H2,1H3/q-1. The highest BCUT2D eigenvalue weighted by Gasteiger charge is 2.29. The fourth-order valence-electron chi connectivity index (χ4n) is 2.35. The smallest absolute Gasteiger partial charge is 0.495 e. The van der Waals surface area contributed by atoms with Crippen molar-refractivity contribution in [1.29, 1.82) is 0 Å². The molecule has 0 aliphatic carbocycles. The summed E-state index contributed by atoms with van der Waals surface area (Å²) in [5.74, 6) is -0.0442. The van der Waals surface area contributed by atoms with Crippen LogP contribution in [-0.4, -0.2) is 38.1 Å². The van der Waals surface area contributed by atoms with Gasteiger partial charge in [-0.05, 0) is 38.9 Å². The Hall–Kier alpha value is -1.17. The Morgan fingerprint density at radius 1 is 1.21 bits per heavy atom. The van der Waals surface area contributed by atoms with E-state index in [1.165, 1.54) is 18.9 Å². The Morgan fingerprint density at radius 3 is 2.53 bits per heavy atom. The van der Waals surface area contributed by atoms with Crippen molar-refractivity contribution in [2.24, 2.45) is 0 Å². The van der Waals surface area contributed by atoms with E-state index in [2.05, 4.69) is 4.90 Å². The molecule has 0 bridgehead atoms. The average Bonchev–Trinajstić information content (AvgIpc) is 2.83. The van der Waals surface area contributed by atoms with E-state index in [0.29, 0.717) is 18.7 Å². The largest absolute Gasteiger partial charge is 0.513 e. The zero-order chi connectivity index (χ0) is 13.9. The first-order valence-corrected chi connectivity index (χ1v) is 6.62. The van der Waals surface area contributed by atoms with E-state index in [1.54, 1.807) is 13.0 Å². The maximum absolute atomic E-state index is 12.9. The van der Waals surface area contributed by atoms with Gasteiger partial charge in [-0.2, -0.15) is 0 Å². The number of hydrogen-bond acceptors (Lipinski definition) is 2. The van der Waals surface area contributed by atoms with Crippen LogP contribution in [0.1, 0.15) is 18.4 Å². The summed E-state index contributed by atoms with van der Waals surface area (Å²) in [6.07, 6.45) is 2.34. The van der Waals surface area contributed by atoms with Crippen LogP contribution in [0, 0.1) is 6.92 Å². The number of hydrogen-bond donors (Lipinski definition) is 0. The number of rotatable bonds is 5. The zero-order valence-corrected chi connectivity index (χ0v) is 11.0. The van der Waals surface area contributed by atoms with Crippen molar-refractivity contribution in [3.05, 3.63) is 23.8 Å². The molecule has 2 nitrogen and oxygen atoms in total. The molecule has 0 atom stereocenters. The van der Waals surface area contributed by atoms with Crippen LogP contribution >= 0.6 is 0 Å². The maximum atomic E-state index is 12.9. The van der Waals surface area contributed by atoms with E-state index in [1.807, 2.05) is 0 Å². The second-order valence-corrected chi connectivity index (χ2v) is 5.01. The van der Waals surface area contributed by atoms with Gasteiger partial charge in [0.2, 0.25) is 0 Å². The Bertz CT molecular complexity index is 430. The first kappa shape index (κ1) is 14.2. The van der Waals surface area contributed by atoms with E-state index < -0.39 is 12.4 Å². The third kappa shape index (κ3) is 3.90. The van der Waals surface area contributed by atoms with Crippen LogP contribution in [0.5, 0.6) is 5.75 Å².